The van der Waals surface area contributed by atoms with Crippen LogP contribution in [0.2, 0.25) is 0 Å². The number of nitrogens with zero attached hydrogens (tertiary/aromatic N) is 5. The van der Waals surface area contributed by atoms with Gasteiger partial charge in [-0.15, -0.1) is 0 Å². The van der Waals surface area contributed by atoms with E-state index in [1.807, 2.05) is 0 Å². The summed E-state index contributed by atoms with van der Waals surface area (Å²) in [5.74, 6) is -2.46. The van der Waals surface area contributed by atoms with Crippen LogP contribution in [-0.2, 0) is 0 Å². The normalized spacial score (nSPS) is 18.5. The minimum Gasteiger partial charge on any atom is -0.349 e. The first kappa shape index (κ1) is 16.4. The number of nitrogens with one attached hydrogen (secondary N) is 1. The highest BCUT2D eigenvalue weighted by atomic mass is 19.3. The molecule has 26 heavy (non-hydrogen) atoms. The average Bonchev–Trinajstić information content (AvgIpc) is 3.05. The van der Waals surface area contributed by atoms with Crippen LogP contribution in [0.25, 0.3) is 10.9 Å². The van der Waals surface area contributed by atoms with Gasteiger partial charge in [-0.2, -0.15) is 14.6 Å². The van der Waals surface area contributed by atoms with Crippen LogP contribution in [0.15, 0.2) is 40.3 Å². The Morgan fingerprint density at radius 1 is 1.19 bits per heavy atom. The van der Waals surface area contributed by atoms with Crippen molar-refractivity contribution in [2.75, 3.05) is 18.0 Å². The maximum Gasteiger partial charge on any atom is 0.348 e. The molecule has 0 spiro atoms. The third-order valence-corrected chi connectivity index (χ3v) is 4.69. The highest BCUT2D eigenvalue weighted by molar-refractivity contribution is 5.89. The van der Waals surface area contributed by atoms with Gasteiger partial charge in [-0.25, -0.2) is 18.6 Å². The third kappa shape index (κ3) is 2.40. The topological polar surface area (TPSA) is 88.8 Å². The predicted molar refractivity (Wildman–Crippen MR) is 90.6 cm³/mol. The molecule has 0 unspecified atom stereocenters. The van der Waals surface area contributed by atoms with Gasteiger partial charge in [0, 0.05) is 30.4 Å². The van der Waals surface area contributed by atoms with E-state index < -0.39 is 29.1 Å². The SMILES string of the molecule is CC1(C)CN(c2nccc3nn(-n4ccc(=O)[nH]c4=O)cc23)CC1(F)F. The summed E-state index contributed by atoms with van der Waals surface area (Å²) in [6, 6.07) is 2.82. The molecule has 0 amide bonds. The van der Waals surface area contributed by atoms with Gasteiger partial charge in [0.1, 0.15) is 5.82 Å². The number of halogens is 2. The van der Waals surface area contributed by atoms with Gasteiger partial charge in [-0.1, -0.05) is 13.8 Å². The first-order chi connectivity index (χ1) is 12.2. The van der Waals surface area contributed by atoms with Crippen molar-refractivity contribution in [2.45, 2.75) is 19.8 Å². The van der Waals surface area contributed by atoms with E-state index in [9.17, 15) is 18.4 Å². The van der Waals surface area contributed by atoms with E-state index in [1.165, 1.54) is 48.2 Å². The molecule has 0 aromatic carbocycles. The summed E-state index contributed by atoms with van der Waals surface area (Å²) < 4.78 is 29.6. The zero-order valence-corrected chi connectivity index (χ0v) is 14.1. The number of hydrogen-bond acceptors (Lipinski definition) is 5. The third-order valence-electron chi connectivity index (χ3n) is 4.69. The van der Waals surface area contributed by atoms with E-state index in [0.29, 0.717) is 16.7 Å². The first-order valence-electron chi connectivity index (χ1n) is 7.98. The summed E-state index contributed by atoms with van der Waals surface area (Å²) in [6.07, 6.45) is 4.31. The van der Waals surface area contributed by atoms with Crippen molar-refractivity contribution in [2.24, 2.45) is 5.41 Å². The fourth-order valence-corrected chi connectivity index (χ4v) is 3.10. The van der Waals surface area contributed by atoms with Crippen molar-refractivity contribution < 1.29 is 8.78 Å². The molecule has 1 N–H and O–H groups in total. The van der Waals surface area contributed by atoms with Gasteiger partial charge in [-0.05, 0) is 6.07 Å². The Morgan fingerprint density at radius 2 is 1.96 bits per heavy atom. The fourth-order valence-electron chi connectivity index (χ4n) is 3.10. The van der Waals surface area contributed by atoms with Gasteiger partial charge in [0.15, 0.2) is 0 Å². The van der Waals surface area contributed by atoms with Crippen LogP contribution in [0.5, 0.6) is 0 Å². The molecule has 8 nitrogen and oxygen atoms in total. The molecule has 4 heterocycles. The summed E-state index contributed by atoms with van der Waals surface area (Å²) in [5.41, 5.74) is -1.86. The van der Waals surface area contributed by atoms with E-state index >= 15 is 0 Å². The molecular weight excluding hydrogens is 346 g/mol. The van der Waals surface area contributed by atoms with Crippen LogP contribution in [0.4, 0.5) is 14.6 Å². The maximum absolute atomic E-state index is 14.2. The minimum absolute atomic E-state index is 0.149. The fraction of sp³-hybridized carbons (Fsp3) is 0.375. The molecule has 0 saturated carbocycles. The van der Waals surface area contributed by atoms with Gasteiger partial charge in [0.05, 0.1) is 23.6 Å². The lowest BCUT2D eigenvalue weighted by atomic mass is 9.89. The molecule has 1 aliphatic rings. The Balaban J connectivity index is 1.83. The van der Waals surface area contributed by atoms with Crippen molar-refractivity contribution in [3.8, 4) is 0 Å². The monoisotopic (exact) mass is 362 g/mol. The van der Waals surface area contributed by atoms with E-state index in [0.717, 1.165) is 4.68 Å². The number of pyridine rings is 1. The second-order valence-corrected chi connectivity index (χ2v) is 7.02. The molecule has 0 bridgehead atoms. The molecule has 0 radical (unpaired) electrons. The number of anilines is 1. The van der Waals surface area contributed by atoms with Crippen LogP contribution >= 0.6 is 0 Å². The number of hydrogen-bond donors (Lipinski definition) is 1. The Morgan fingerprint density at radius 3 is 2.62 bits per heavy atom. The molecule has 1 saturated heterocycles. The molecule has 0 aliphatic carbocycles. The van der Waals surface area contributed by atoms with Crippen molar-refractivity contribution in [3.05, 3.63) is 51.6 Å². The molecule has 4 rings (SSSR count). The molecule has 10 heteroatoms. The molecule has 1 aliphatic heterocycles. The van der Waals surface area contributed by atoms with Gasteiger partial charge in [-0.3, -0.25) is 9.78 Å². The summed E-state index contributed by atoms with van der Waals surface area (Å²) in [7, 11) is 0. The molecule has 3 aromatic rings. The van der Waals surface area contributed by atoms with Crippen molar-refractivity contribution in [1.29, 1.82) is 0 Å². The predicted octanol–water partition coefficient (Wildman–Crippen LogP) is 1.07. The smallest absolute Gasteiger partial charge is 0.348 e. The van der Waals surface area contributed by atoms with E-state index in [4.69, 9.17) is 0 Å². The quantitative estimate of drug-likeness (QED) is 0.737. The lowest BCUT2D eigenvalue weighted by Crippen LogP contribution is -2.34. The van der Waals surface area contributed by atoms with Crippen molar-refractivity contribution >= 4 is 16.7 Å². The van der Waals surface area contributed by atoms with Crippen LogP contribution in [-0.4, -0.2) is 43.5 Å². The number of alkyl halides is 2. The van der Waals surface area contributed by atoms with E-state index in [-0.39, 0.29) is 6.54 Å². The Labute approximate surface area is 145 Å². The summed E-state index contributed by atoms with van der Waals surface area (Å²) in [5, 5.41) is 4.82. The zero-order chi connectivity index (χ0) is 18.7. The lowest BCUT2D eigenvalue weighted by Gasteiger charge is -2.23. The Hall–Kier alpha value is -3.04. The van der Waals surface area contributed by atoms with Crippen LogP contribution in [0.3, 0.4) is 0 Å². The minimum atomic E-state index is -2.84. The van der Waals surface area contributed by atoms with Gasteiger partial charge < -0.3 is 4.90 Å². The highest BCUT2D eigenvalue weighted by Gasteiger charge is 2.54. The second-order valence-electron chi connectivity index (χ2n) is 7.02. The molecule has 136 valence electrons. The summed E-state index contributed by atoms with van der Waals surface area (Å²) in [4.78, 5) is 32.3. The largest absolute Gasteiger partial charge is 0.349 e. The van der Waals surface area contributed by atoms with Crippen LogP contribution < -0.4 is 16.1 Å². The summed E-state index contributed by atoms with van der Waals surface area (Å²) >= 11 is 0. The second kappa shape index (κ2) is 5.23. The van der Waals surface area contributed by atoms with E-state index in [1.54, 1.807) is 6.07 Å². The number of H-pyrrole nitrogens is 1. The first-order valence-corrected chi connectivity index (χ1v) is 7.98. The van der Waals surface area contributed by atoms with Gasteiger partial charge in [0.2, 0.25) is 0 Å². The van der Waals surface area contributed by atoms with Crippen LogP contribution in [0.1, 0.15) is 13.8 Å². The Bertz CT molecular complexity index is 1100. The van der Waals surface area contributed by atoms with E-state index in [2.05, 4.69) is 15.1 Å². The van der Waals surface area contributed by atoms with Crippen LogP contribution in [0, 0.1) is 5.41 Å². The maximum atomic E-state index is 14.2. The standard InChI is InChI=1S/C16H16F2N6O2/c1-15(2)8-22(9-16(15,17)18)13-10-7-24(21-11(10)3-5-19-13)23-6-4-12(25)20-14(23)26/h3-7H,8-9H2,1-2H3,(H,20,25,26). The average molecular weight is 362 g/mol. The zero-order valence-electron chi connectivity index (χ0n) is 14.1. The van der Waals surface area contributed by atoms with Crippen molar-refractivity contribution in [1.82, 2.24) is 24.5 Å². The Kier molecular flexibility index (Phi) is 3.30. The number of fused-ring (bicyclic) bond motifs is 1. The van der Waals surface area contributed by atoms with Crippen molar-refractivity contribution in [3.63, 3.8) is 0 Å². The molecule has 0 atom stereocenters. The number of rotatable bonds is 2. The highest BCUT2D eigenvalue weighted by Crippen LogP contribution is 2.45. The number of aromatic nitrogens is 5. The molecular formula is C16H16F2N6O2. The summed E-state index contributed by atoms with van der Waals surface area (Å²) in [6.45, 7) is 2.76. The molecule has 1 fully saturated rings. The van der Waals surface area contributed by atoms with Gasteiger partial charge >= 0.3 is 5.69 Å². The molecule has 3 aromatic heterocycles. The van der Waals surface area contributed by atoms with Gasteiger partial charge in [0.25, 0.3) is 11.5 Å². The lowest BCUT2D eigenvalue weighted by molar-refractivity contribution is -0.0642. The number of aromatic amines is 1.